The van der Waals surface area contributed by atoms with E-state index in [0.29, 0.717) is 45.7 Å². The number of benzene rings is 3. The monoisotopic (exact) mass is 535 g/mol. The number of carbonyl (C=O) groups excluding carboxylic acids is 1. The number of halogens is 3. The number of carboxylic acid groups (broad SMARTS) is 1. The van der Waals surface area contributed by atoms with E-state index in [1.54, 1.807) is 42.5 Å². The molecule has 0 fully saturated rings. The van der Waals surface area contributed by atoms with Gasteiger partial charge in [-0.05, 0) is 48.2 Å². The van der Waals surface area contributed by atoms with E-state index in [0.717, 1.165) is 11.1 Å². The van der Waals surface area contributed by atoms with Gasteiger partial charge in [0, 0.05) is 18.7 Å². The maximum Gasteiger partial charge on any atom is 0.306 e. The van der Waals surface area contributed by atoms with Crippen molar-refractivity contribution in [1.82, 2.24) is 5.32 Å². The smallest absolute Gasteiger partial charge is 0.306 e. The molecule has 1 atom stereocenters. The van der Waals surface area contributed by atoms with Gasteiger partial charge in [-0.15, -0.1) is 0 Å². The van der Waals surface area contributed by atoms with Gasteiger partial charge in [0.15, 0.2) is 0 Å². The zero-order chi connectivity index (χ0) is 25.5. The molecule has 0 spiro atoms. The standard InChI is InChI=1S/C26H24Cl3NO5/c1-3-17(26(32)33)10-16-6-9-23(34-2)20(11-16)25(31)30-14-15-4-7-18(8-5-15)35-19-12-21(27)24(29)22(28)13-19/h4-9,11-13,17H,3,10,14H2,1-2H3,(H,30,31)(H,32,33)/t17-/m0/s1. The number of hydrogen-bond acceptors (Lipinski definition) is 4. The molecule has 2 N–H and O–H groups in total. The van der Waals surface area contributed by atoms with Crippen LogP contribution in [-0.2, 0) is 17.8 Å². The Labute approximate surface area is 218 Å². The van der Waals surface area contributed by atoms with E-state index < -0.39 is 11.9 Å². The molecule has 35 heavy (non-hydrogen) atoms. The van der Waals surface area contributed by atoms with Crippen LogP contribution in [0.1, 0.15) is 34.8 Å². The Morgan fingerprint density at radius 2 is 1.57 bits per heavy atom. The number of ether oxygens (including phenoxy) is 2. The predicted molar refractivity (Wildman–Crippen MR) is 137 cm³/mol. The van der Waals surface area contributed by atoms with E-state index in [9.17, 15) is 14.7 Å². The first-order valence-electron chi connectivity index (χ1n) is 10.8. The number of carboxylic acids is 1. The minimum absolute atomic E-state index is 0.265. The topological polar surface area (TPSA) is 84.9 Å². The molecule has 3 aromatic carbocycles. The summed E-state index contributed by atoms with van der Waals surface area (Å²) in [6.07, 6.45) is 0.836. The zero-order valence-corrected chi connectivity index (χ0v) is 21.4. The van der Waals surface area contributed by atoms with Crippen LogP contribution in [0.5, 0.6) is 17.2 Å². The van der Waals surface area contributed by atoms with Crippen molar-refractivity contribution in [3.05, 3.63) is 86.4 Å². The molecule has 0 aliphatic heterocycles. The number of hydrogen-bond donors (Lipinski definition) is 2. The van der Waals surface area contributed by atoms with E-state index >= 15 is 0 Å². The van der Waals surface area contributed by atoms with Crippen LogP contribution in [0.15, 0.2) is 54.6 Å². The highest BCUT2D eigenvalue weighted by atomic mass is 35.5. The molecule has 3 aromatic rings. The molecule has 9 heteroatoms. The summed E-state index contributed by atoms with van der Waals surface area (Å²) < 4.78 is 11.1. The largest absolute Gasteiger partial charge is 0.496 e. The summed E-state index contributed by atoms with van der Waals surface area (Å²) in [6, 6.07) is 15.4. The second-order valence-corrected chi connectivity index (χ2v) is 9.00. The highest BCUT2D eigenvalue weighted by molar-refractivity contribution is 6.48. The normalized spacial score (nSPS) is 11.6. The molecule has 0 aliphatic carbocycles. The zero-order valence-electron chi connectivity index (χ0n) is 19.1. The fourth-order valence-corrected chi connectivity index (χ4v) is 4.01. The van der Waals surface area contributed by atoms with Crippen LogP contribution < -0.4 is 14.8 Å². The number of carbonyl (C=O) groups is 2. The second-order valence-electron chi connectivity index (χ2n) is 7.81. The number of rotatable bonds is 10. The van der Waals surface area contributed by atoms with Crippen molar-refractivity contribution in [2.75, 3.05) is 7.11 Å². The average molecular weight is 537 g/mol. The lowest BCUT2D eigenvalue weighted by Crippen LogP contribution is -2.24. The summed E-state index contributed by atoms with van der Waals surface area (Å²) in [4.78, 5) is 24.2. The van der Waals surface area contributed by atoms with E-state index in [1.807, 2.05) is 19.1 Å². The molecule has 0 aromatic heterocycles. The quantitative estimate of drug-likeness (QED) is 0.272. The SMILES string of the molecule is CC[C@@H](Cc1ccc(OC)c(C(=O)NCc2ccc(Oc3cc(Cl)c(Cl)c(Cl)c3)cc2)c1)C(=O)O. The number of methoxy groups -OCH3 is 1. The average Bonchev–Trinajstić information content (AvgIpc) is 2.84. The first kappa shape index (κ1) is 26.7. The van der Waals surface area contributed by atoms with Crippen molar-refractivity contribution in [2.24, 2.45) is 5.92 Å². The van der Waals surface area contributed by atoms with Gasteiger partial charge < -0.3 is 19.9 Å². The van der Waals surface area contributed by atoms with Crippen molar-refractivity contribution in [2.45, 2.75) is 26.3 Å². The molecule has 0 saturated carbocycles. The first-order chi connectivity index (χ1) is 16.7. The summed E-state index contributed by atoms with van der Waals surface area (Å²) in [7, 11) is 1.48. The Balaban J connectivity index is 1.66. The van der Waals surface area contributed by atoms with Crippen molar-refractivity contribution < 1.29 is 24.2 Å². The van der Waals surface area contributed by atoms with Crippen LogP contribution >= 0.6 is 34.8 Å². The maximum absolute atomic E-state index is 12.9. The highest BCUT2D eigenvalue weighted by Crippen LogP contribution is 2.35. The number of amides is 1. The van der Waals surface area contributed by atoms with Crippen LogP contribution in [0.4, 0.5) is 0 Å². The van der Waals surface area contributed by atoms with Gasteiger partial charge in [-0.1, -0.05) is 59.9 Å². The molecule has 0 aliphatic rings. The van der Waals surface area contributed by atoms with Crippen LogP contribution in [0, 0.1) is 5.92 Å². The number of aliphatic carboxylic acids is 1. The fourth-order valence-electron chi connectivity index (χ4n) is 3.43. The Morgan fingerprint density at radius 1 is 0.943 bits per heavy atom. The van der Waals surface area contributed by atoms with Crippen molar-refractivity contribution >= 4 is 46.7 Å². The Kier molecular flexibility index (Phi) is 9.26. The third-order valence-corrected chi connectivity index (χ3v) is 6.60. The molecular formula is C26H24Cl3NO5. The van der Waals surface area contributed by atoms with E-state index in [-0.39, 0.29) is 17.5 Å². The Bertz CT molecular complexity index is 1190. The fraction of sp³-hybridized carbons (Fsp3) is 0.231. The molecule has 184 valence electrons. The summed E-state index contributed by atoms with van der Waals surface area (Å²) in [5.74, 6) is -0.265. The molecule has 0 radical (unpaired) electrons. The Morgan fingerprint density at radius 3 is 2.14 bits per heavy atom. The van der Waals surface area contributed by atoms with Crippen molar-refractivity contribution in [3.63, 3.8) is 0 Å². The minimum atomic E-state index is -0.857. The first-order valence-corrected chi connectivity index (χ1v) is 11.9. The molecule has 0 heterocycles. The van der Waals surface area contributed by atoms with E-state index in [4.69, 9.17) is 44.3 Å². The van der Waals surface area contributed by atoms with Crippen LogP contribution in [0.25, 0.3) is 0 Å². The molecule has 0 bridgehead atoms. The molecule has 0 saturated heterocycles. The molecular weight excluding hydrogens is 513 g/mol. The molecule has 6 nitrogen and oxygen atoms in total. The van der Waals surface area contributed by atoms with Gasteiger partial charge in [0.05, 0.1) is 33.7 Å². The third kappa shape index (κ3) is 7.04. The number of nitrogens with one attached hydrogen (secondary N) is 1. The third-order valence-electron chi connectivity index (χ3n) is 5.40. The van der Waals surface area contributed by atoms with E-state index in [2.05, 4.69) is 5.32 Å². The lowest BCUT2D eigenvalue weighted by molar-refractivity contribution is -0.141. The summed E-state index contributed by atoms with van der Waals surface area (Å²) in [6.45, 7) is 2.10. The van der Waals surface area contributed by atoms with Gasteiger partial charge in [-0.2, -0.15) is 0 Å². The Hall–Kier alpha value is -2.93. The summed E-state index contributed by atoms with van der Waals surface area (Å²) in [5, 5.41) is 13.1. The van der Waals surface area contributed by atoms with Gasteiger partial charge >= 0.3 is 5.97 Å². The molecule has 0 unspecified atom stereocenters. The van der Waals surface area contributed by atoms with Crippen LogP contribution in [0.2, 0.25) is 15.1 Å². The van der Waals surface area contributed by atoms with Crippen molar-refractivity contribution in [3.8, 4) is 17.2 Å². The molecule has 1 amide bonds. The maximum atomic E-state index is 12.9. The van der Waals surface area contributed by atoms with Gasteiger partial charge in [0.1, 0.15) is 17.2 Å². The predicted octanol–water partition coefficient (Wildman–Crippen LogP) is 7.03. The van der Waals surface area contributed by atoms with E-state index in [1.165, 1.54) is 7.11 Å². The van der Waals surface area contributed by atoms with Crippen LogP contribution in [-0.4, -0.2) is 24.1 Å². The lowest BCUT2D eigenvalue weighted by Gasteiger charge is -2.14. The molecule has 3 rings (SSSR count). The van der Waals surface area contributed by atoms with Gasteiger partial charge in [-0.3, -0.25) is 9.59 Å². The summed E-state index contributed by atoms with van der Waals surface area (Å²) in [5.41, 5.74) is 1.96. The van der Waals surface area contributed by atoms with Gasteiger partial charge in [0.25, 0.3) is 5.91 Å². The van der Waals surface area contributed by atoms with Crippen LogP contribution in [0.3, 0.4) is 0 Å². The van der Waals surface area contributed by atoms with Crippen molar-refractivity contribution in [1.29, 1.82) is 0 Å². The second kappa shape index (κ2) is 12.2. The van der Waals surface area contributed by atoms with Gasteiger partial charge in [0.2, 0.25) is 0 Å². The highest BCUT2D eigenvalue weighted by Gasteiger charge is 2.18. The summed E-state index contributed by atoms with van der Waals surface area (Å²) >= 11 is 18.0. The van der Waals surface area contributed by atoms with Gasteiger partial charge in [-0.25, -0.2) is 0 Å². The lowest BCUT2D eigenvalue weighted by atomic mass is 9.95. The minimum Gasteiger partial charge on any atom is -0.496 e.